The number of aromatic nitrogens is 3. The molecule has 0 aliphatic heterocycles. The van der Waals surface area contributed by atoms with E-state index in [9.17, 15) is 4.39 Å². The van der Waals surface area contributed by atoms with Gasteiger partial charge in [0.1, 0.15) is 11.6 Å². The van der Waals surface area contributed by atoms with Gasteiger partial charge in [-0.15, -0.1) is 0 Å². The maximum atomic E-state index is 13.8. The van der Waals surface area contributed by atoms with Crippen molar-refractivity contribution < 1.29 is 4.39 Å². The molecule has 2 aromatic carbocycles. The predicted octanol–water partition coefficient (Wildman–Crippen LogP) is 6.81. The Kier molecular flexibility index (Phi) is 4.96. The third-order valence-electron chi connectivity index (χ3n) is 6.31. The average molecular weight is 408 g/mol. The van der Waals surface area contributed by atoms with E-state index in [0.717, 1.165) is 58.5 Å². The van der Waals surface area contributed by atoms with E-state index in [0.29, 0.717) is 11.8 Å². The van der Waals surface area contributed by atoms with E-state index in [4.69, 9.17) is 11.6 Å². The van der Waals surface area contributed by atoms with Crippen LogP contribution < -0.4 is 0 Å². The summed E-state index contributed by atoms with van der Waals surface area (Å²) in [5.41, 5.74) is 4.12. The van der Waals surface area contributed by atoms with Crippen molar-refractivity contribution in [1.29, 1.82) is 0 Å². The number of benzene rings is 2. The number of hydrogen-bond donors (Lipinski definition) is 1. The lowest BCUT2D eigenvalue weighted by Crippen LogP contribution is -2.14. The number of imidazole rings is 1. The monoisotopic (exact) mass is 407 g/mol. The van der Waals surface area contributed by atoms with E-state index in [2.05, 4.69) is 21.0 Å². The molecule has 0 bridgehead atoms. The minimum absolute atomic E-state index is 0.187. The van der Waals surface area contributed by atoms with Crippen LogP contribution in [0.2, 0.25) is 5.02 Å². The number of hydrogen-bond acceptors (Lipinski definition) is 2. The molecule has 0 atom stereocenters. The molecule has 0 unspecified atom stereocenters. The van der Waals surface area contributed by atoms with Crippen LogP contribution in [0.3, 0.4) is 0 Å². The van der Waals surface area contributed by atoms with Crippen molar-refractivity contribution in [3.63, 3.8) is 0 Å². The van der Waals surface area contributed by atoms with Crippen molar-refractivity contribution >= 4 is 33.5 Å². The molecular formula is C24H23ClFN3. The first kappa shape index (κ1) is 18.6. The van der Waals surface area contributed by atoms with Gasteiger partial charge in [-0.1, -0.05) is 11.6 Å². The maximum absolute atomic E-state index is 13.8. The fraction of sp³-hybridized carbons (Fsp3) is 0.333. The smallest absolute Gasteiger partial charge is 0.123 e. The van der Waals surface area contributed by atoms with E-state index < -0.39 is 0 Å². The molecule has 5 rings (SSSR count). The first-order chi connectivity index (χ1) is 14.2. The molecule has 0 spiro atoms. The number of aromatic amines is 1. The predicted molar refractivity (Wildman–Crippen MR) is 116 cm³/mol. The highest BCUT2D eigenvalue weighted by atomic mass is 35.5. The van der Waals surface area contributed by atoms with Crippen LogP contribution in [0.15, 0.2) is 48.7 Å². The minimum Gasteiger partial charge on any atom is -0.342 e. The molecule has 1 fully saturated rings. The van der Waals surface area contributed by atoms with Gasteiger partial charge in [0.2, 0.25) is 0 Å². The van der Waals surface area contributed by atoms with Crippen LogP contribution in [-0.4, -0.2) is 15.0 Å². The molecule has 29 heavy (non-hydrogen) atoms. The number of halogens is 2. The lowest BCUT2D eigenvalue weighted by molar-refractivity contribution is 0.310. The Hall–Kier alpha value is -2.46. The summed E-state index contributed by atoms with van der Waals surface area (Å²) in [6.45, 7) is 0. The normalized spacial score (nSPS) is 19.8. The number of H-pyrrole nitrogens is 1. The van der Waals surface area contributed by atoms with Crippen molar-refractivity contribution in [2.75, 3.05) is 0 Å². The van der Waals surface area contributed by atoms with E-state index in [1.54, 1.807) is 12.1 Å². The van der Waals surface area contributed by atoms with Gasteiger partial charge in [0.25, 0.3) is 0 Å². The van der Waals surface area contributed by atoms with Crippen LogP contribution in [0.25, 0.3) is 21.9 Å². The Morgan fingerprint density at radius 3 is 2.72 bits per heavy atom. The van der Waals surface area contributed by atoms with Crippen molar-refractivity contribution in [2.45, 2.75) is 44.4 Å². The molecule has 0 amide bonds. The molecule has 1 aliphatic carbocycles. The number of aryl methyl sites for hydroxylation is 1. The van der Waals surface area contributed by atoms with Crippen molar-refractivity contribution in [3.05, 3.63) is 70.9 Å². The van der Waals surface area contributed by atoms with Crippen LogP contribution >= 0.6 is 11.6 Å². The van der Waals surface area contributed by atoms with E-state index in [1.165, 1.54) is 24.5 Å². The van der Waals surface area contributed by atoms with Crippen LogP contribution in [0.1, 0.15) is 49.4 Å². The zero-order chi connectivity index (χ0) is 19.8. The number of rotatable bonds is 4. The van der Waals surface area contributed by atoms with E-state index in [1.807, 2.05) is 24.4 Å². The van der Waals surface area contributed by atoms with Gasteiger partial charge in [-0.25, -0.2) is 9.37 Å². The Bertz CT molecular complexity index is 1160. The highest BCUT2D eigenvalue weighted by Gasteiger charge is 2.24. The number of fused-ring (bicyclic) bond motifs is 2. The van der Waals surface area contributed by atoms with Crippen LogP contribution in [0, 0.1) is 11.7 Å². The van der Waals surface area contributed by atoms with Gasteiger partial charge in [0.05, 0.1) is 16.6 Å². The molecule has 0 saturated heterocycles. The summed E-state index contributed by atoms with van der Waals surface area (Å²) >= 11 is 6.06. The fourth-order valence-electron chi connectivity index (χ4n) is 4.75. The van der Waals surface area contributed by atoms with Gasteiger partial charge in [0, 0.05) is 23.0 Å². The second-order valence-electron chi connectivity index (χ2n) is 8.16. The van der Waals surface area contributed by atoms with Gasteiger partial charge in [-0.3, -0.25) is 4.98 Å². The fourth-order valence-corrected chi connectivity index (χ4v) is 4.92. The third-order valence-corrected chi connectivity index (χ3v) is 6.54. The second kappa shape index (κ2) is 7.75. The number of nitrogens with zero attached hydrogens (tertiary/aromatic N) is 2. The van der Waals surface area contributed by atoms with Crippen molar-refractivity contribution in [2.24, 2.45) is 5.92 Å². The SMILES string of the molecule is Fc1ccc2nccc(C3CCC(CCc4nc5cc(Cl)ccc5[nH]4)CC3)c2c1. The molecule has 5 heteroatoms. The summed E-state index contributed by atoms with van der Waals surface area (Å²) in [4.78, 5) is 12.5. The Morgan fingerprint density at radius 2 is 1.86 bits per heavy atom. The molecule has 1 saturated carbocycles. The van der Waals surface area contributed by atoms with E-state index in [-0.39, 0.29) is 5.82 Å². The molecule has 2 aromatic heterocycles. The first-order valence-electron chi connectivity index (χ1n) is 10.3. The molecule has 2 heterocycles. The molecule has 148 valence electrons. The third kappa shape index (κ3) is 3.86. The molecule has 4 aromatic rings. The summed E-state index contributed by atoms with van der Waals surface area (Å²) in [5.74, 6) is 2.06. The summed E-state index contributed by atoms with van der Waals surface area (Å²) in [6.07, 6.45) is 8.67. The molecule has 1 N–H and O–H groups in total. The average Bonchev–Trinajstić information content (AvgIpc) is 3.14. The van der Waals surface area contributed by atoms with Gasteiger partial charge in [-0.2, -0.15) is 0 Å². The van der Waals surface area contributed by atoms with Gasteiger partial charge >= 0.3 is 0 Å². The van der Waals surface area contributed by atoms with Crippen LogP contribution in [0.4, 0.5) is 4.39 Å². The largest absolute Gasteiger partial charge is 0.342 e. The van der Waals surface area contributed by atoms with Gasteiger partial charge in [-0.05, 0) is 92.0 Å². The second-order valence-corrected chi connectivity index (χ2v) is 8.60. The van der Waals surface area contributed by atoms with Crippen molar-refractivity contribution in [3.8, 4) is 0 Å². The van der Waals surface area contributed by atoms with Crippen LogP contribution in [-0.2, 0) is 6.42 Å². The van der Waals surface area contributed by atoms with E-state index >= 15 is 0 Å². The lowest BCUT2D eigenvalue weighted by atomic mass is 9.76. The first-order valence-corrected chi connectivity index (χ1v) is 10.7. The zero-order valence-corrected chi connectivity index (χ0v) is 16.9. The lowest BCUT2D eigenvalue weighted by Gasteiger charge is -2.29. The highest BCUT2D eigenvalue weighted by Crippen LogP contribution is 2.39. The summed E-state index contributed by atoms with van der Waals surface area (Å²) in [7, 11) is 0. The Labute approximate surface area is 174 Å². The Morgan fingerprint density at radius 1 is 1.00 bits per heavy atom. The Balaban J connectivity index is 1.23. The summed E-state index contributed by atoms with van der Waals surface area (Å²) in [5, 5.41) is 1.69. The molecular weight excluding hydrogens is 385 g/mol. The van der Waals surface area contributed by atoms with Crippen molar-refractivity contribution in [1.82, 2.24) is 15.0 Å². The zero-order valence-electron chi connectivity index (χ0n) is 16.2. The molecule has 1 aliphatic rings. The van der Waals surface area contributed by atoms with Gasteiger partial charge in [0.15, 0.2) is 0 Å². The molecule has 3 nitrogen and oxygen atoms in total. The molecule has 0 radical (unpaired) electrons. The van der Waals surface area contributed by atoms with Gasteiger partial charge < -0.3 is 4.98 Å². The summed E-state index contributed by atoms with van der Waals surface area (Å²) in [6, 6.07) is 12.8. The number of nitrogens with one attached hydrogen (secondary N) is 1. The highest BCUT2D eigenvalue weighted by molar-refractivity contribution is 6.31. The topological polar surface area (TPSA) is 41.6 Å². The standard InChI is InChI=1S/C24H23ClFN3/c25-17-6-8-22-23(13-17)29-24(28-22)10-3-15-1-4-16(5-2-15)19-11-12-27-21-9-7-18(26)14-20(19)21/h6-9,11-16H,1-5,10H2,(H,28,29). The number of pyridine rings is 1. The van der Waals surface area contributed by atoms with Crippen LogP contribution in [0.5, 0.6) is 0 Å². The maximum Gasteiger partial charge on any atom is 0.123 e. The summed E-state index contributed by atoms with van der Waals surface area (Å²) < 4.78 is 13.8. The minimum atomic E-state index is -0.187. The quantitative estimate of drug-likeness (QED) is 0.403.